The number of carbonyl (C=O) groups excluding carboxylic acids is 3. The molecule has 4 rings (SSSR count). The summed E-state index contributed by atoms with van der Waals surface area (Å²) in [6.07, 6.45) is 0.205. The molecule has 2 heterocycles. The van der Waals surface area contributed by atoms with E-state index in [-0.39, 0.29) is 29.9 Å². The number of nitrogens with zero attached hydrogens (tertiary/aromatic N) is 3. The fraction of sp³-hybridized carbons (Fsp3) is 0.348. The third-order valence-electron chi connectivity index (χ3n) is 5.90. The van der Waals surface area contributed by atoms with E-state index in [1.165, 1.54) is 13.0 Å². The van der Waals surface area contributed by atoms with Crippen molar-refractivity contribution >= 4 is 44.9 Å². The SMILES string of the molecule is CC(=O)c1ccc(N2CCN(C(=O)C3CC(=O)N(c4ccc(Br)cc4)C3)CC2)c(F)c1. The molecule has 0 saturated carbocycles. The van der Waals surface area contributed by atoms with Crippen LogP contribution < -0.4 is 9.80 Å². The molecule has 2 saturated heterocycles. The Kier molecular flexibility index (Phi) is 6.09. The first kappa shape index (κ1) is 21.5. The second-order valence-electron chi connectivity index (χ2n) is 7.92. The summed E-state index contributed by atoms with van der Waals surface area (Å²) in [5.41, 5.74) is 1.57. The molecule has 0 N–H and O–H groups in total. The third kappa shape index (κ3) is 4.49. The summed E-state index contributed by atoms with van der Waals surface area (Å²) in [6, 6.07) is 12.0. The third-order valence-corrected chi connectivity index (χ3v) is 6.43. The zero-order valence-electron chi connectivity index (χ0n) is 17.2. The van der Waals surface area contributed by atoms with E-state index in [9.17, 15) is 18.8 Å². The number of carbonyl (C=O) groups is 3. The van der Waals surface area contributed by atoms with E-state index in [1.54, 1.807) is 21.9 Å². The van der Waals surface area contributed by atoms with Gasteiger partial charge in [0.1, 0.15) is 5.82 Å². The van der Waals surface area contributed by atoms with Crippen LogP contribution in [0.4, 0.5) is 15.8 Å². The molecule has 1 atom stereocenters. The van der Waals surface area contributed by atoms with Crippen LogP contribution >= 0.6 is 15.9 Å². The minimum Gasteiger partial charge on any atom is -0.366 e. The van der Waals surface area contributed by atoms with Gasteiger partial charge in [0, 0.05) is 54.9 Å². The number of rotatable bonds is 4. The van der Waals surface area contributed by atoms with Crippen molar-refractivity contribution < 1.29 is 18.8 Å². The van der Waals surface area contributed by atoms with Gasteiger partial charge in [-0.1, -0.05) is 15.9 Å². The van der Waals surface area contributed by atoms with Gasteiger partial charge < -0.3 is 14.7 Å². The van der Waals surface area contributed by atoms with Gasteiger partial charge in [0.25, 0.3) is 0 Å². The monoisotopic (exact) mass is 487 g/mol. The number of amides is 2. The molecule has 2 aromatic rings. The number of halogens is 2. The number of anilines is 2. The maximum absolute atomic E-state index is 14.4. The topological polar surface area (TPSA) is 60.9 Å². The lowest BCUT2D eigenvalue weighted by atomic mass is 10.1. The molecule has 31 heavy (non-hydrogen) atoms. The van der Waals surface area contributed by atoms with E-state index < -0.39 is 5.82 Å². The van der Waals surface area contributed by atoms with Crippen LogP contribution in [0.1, 0.15) is 23.7 Å². The number of benzene rings is 2. The van der Waals surface area contributed by atoms with Crippen molar-refractivity contribution in [3.8, 4) is 0 Å². The number of hydrogen-bond acceptors (Lipinski definition) is 4. The first-order valence-corrected chi connectivity index (χ1v) is 11.0. The van der Waals surface area contributed by atoms with Crippen LogP contribution in [-0.4, -0.2) is 55.2 Å². The number of Topliss-reactive ketones (excluding diaryl/α,β-unsaturated/α-hetero) is 1. The van der Waals surface area contributed by atoms with Crippen LogP contribution in [0, 0.1) is 11.7 Å². The molecule has 6 nitrogen and oxygen atoms in total. The summed E-state index contributed by atoms with van der Waals surface area (Å²) in [7, 11) is 0. The molecule has 8 heteroatoms. The fourth-order valence-electron chi connectivity index (χ4n) is 4.15. The summed E-state index contributed by atoms with van der Waals surface area (Å²) in [5, 5.41) is 0. The minimum atomic E-state index is -0.431. The van der Waals surface area contributed by atoms with E-state index in [1.807, 2.05) is 29.2 Å². The summed E-state index contributed by atoms with van der Waals surface area (Å²) in [6.45, 7) is 3.72. The Bertz CT molecular complexity index is 1020. The van der Waals surface area contributed by atoms with Gasteiger partial charge in [-0.15, -0.1) is 0 Å². The molecule has 0 aromatic heterocycles. The van der Waals surface area contributed by atoms with Crippen LogP contribution in [0.3, 0.4) is 0 Å². The molecule has 0 radical (unpaired) electrons. The maximum Gasteiger partial charge on any atom is 0.228 e. The fourth-order valence-corrected chi connectivity index (χ4v) is 4.42. The molecule has 162 valence electrons. The smallest absolute Gasteiger partial charge is 0.228 e. The van der Waals surface area contributed by atoms with E-state index in [2.05, 4.69) is 15.9 Å². The van der Waals surface area contributed by atoms with Crippen LogP contribution in [0.25, 0.3) is 0 Å². The van der Waals surface area contributed by atoms with Gasteiger partial charge >= 0.3 is 0 Å². The van der Waals surface area contributed by atoms with Crippen molar-refractivity contribution in [2.24, 2.45) is 5.92 Å². The van der Waals surface area contributed by atoms with Crippen LogP contribution in [0.2, 0.25) is 0 Å². The number of ketones is 1. The van der Waals surface area contributed by atoms with Crippen LogP contribution in [0.5, 0.6) is 0 Å². The van der Waals surface area contributed by atoms with E-state index in [0.717, 1.165) is 10.2 Å². The average molecular weight is 488 g/mol. The second-order valence-corrected chi connectivity index (χ2v) is 8.83. The van der Waals surface area contributed by atoms with Gasteiger partial charge in [-0.05, 0) is 49.4 Å². The Morgan fingerprint density at radius 3 is 2.32 bits per heavy atom. The van der Waals surface area contributed by atoms with Crippen molar-refractivity contribution in [2.75, 3.05) is 42.5 Å². The summed E-state index contributed by atoms with van der Waals surface area (Å²) in [5.74, 6) is -1.05. The molecule has 0 aliphatic carbocycles. The molecular formula is C23H23BrFN3O3. The molecule has 2 aliphatic heterocycles. The Morgan fingerprint density at radius 1 is 1.03 bits per heavy atom. The molecule has 0 bridgehead atoms. The maximum atomic E-state index is 14.4. The van der Waals surface area contributed by atoms with Crippen molar-refractivity contribution in [3.63, 3.8) is 0 Å². The van der Waals surface area contributed by atoms with Crippen LogP contribution in [-0.2, 0) is 9.59 Å². The van der Waals surface area contributed by atoms with Gasteiger partial charge in [0.2, 0.25) is 11.8 Å². The van der Waals surface area contributed by atoms with Crippen molar-refractivity contribution in [2.45, 2.75) is 13.3 Å². The van der Waals surface area contributed by atoms with Gasteiger partial charge in [0.05, 0.1) is 11.6 Å². The highest BCUT2D eigenvalue weighted by Crippen LogP contribution is 2.28. The van der Waals surface area contributed by atoms with Crippen molar-refractivity contribution in [1.82, 2.24) is 4.90 Å². The normalized spacial score (nSPS) is 19.1. The van der Waals surface area contributed by atoms with E-state index in [4.69, 9.17) is 0 Å². The molecular weight excluding hydrogens is 465 g/mol. The Balaban J connectivity index is 1.37. The number of piperazine rings is 1. The quantitative estimate of drug-likeness (QED) is 0.619. The summed E-state index contributed by atoms with van der Waals surface area (Å²) < 4.78 is 15.4. The molecule has 2 aromatic carbocycles. The lowest BCUT2D eigenvalue weighted by Crippen LogP contribution is -2.51. The molecule has 2 aliphatic rings. The highest BCUT2D eigenvalue weighted by atomic mass is 79.9. The van der Waals surface area contributed by atoms with E-state index >= 15 is 0 Å². The van der Waals surface area contributed by atoms with Crippen molar-refractivity contribution in [1.29, 1.82) is 0 Å². The Labute approximate surface area is 188 Å². The molecule has 1 unspecified atom stereocenters. The standard InChI is InChI=1S/C23H23BrFN3O3/c1-15(29)16-2-7-21(20(25)12-16)26-8-10-27(11-9-26)23(31)17-13-22(30)28(14-17)19-5-3-18(24)4-6-19/h2-7,12,17H,8-11,13-14H2,1H3. The highest BCUT2D eigenvalue weighted by Gasteiger charge is 2.38. The predicted molar refractivity (Wildman–Crippen MR) is 120 cm³/mol. The summed E-state index contributed by atoms with van der Waals surface area (Å²) in [4.78, 5) is 42.2. The lowest BCUT2D eigenvalue weighted by Gasteiger charge is -2.37. The lowest BCUT2D eigenvalue weighted by molar-refractivity contribution is -0.136. The van der Waals surface area contributed by atoms with Gasteiger partial charge in [-0.2, -0.15) is 0 Å². The van der Waals surface area contributed by atoms with E-state index in [0.29, 0.717) is 44.0 Å². The molecule has 2 fully saturated rings. The first-order chi connectivity index (χ1) is 14.8. The van der Waals surface area contributed by atoms with Crippen LogP contribution in [0.15, 0.2) is 46.9 Å². The predicted octanol–water partition coefficient (Wildman–Crippen LogP) is 3.49. The first-order valence-electron chi connectivity index (χ1n) is 10.2. The minimum absolute atomic E-state index is 0.0278. The van der Waals surface area contributed by atoms with Gasteiger partial charge in [0.15, 0.2) is 5.78 Å². The Morgan fingerprint density at radius 2 is 1.71 bits per heavy atom. The number of hydrogen-bond donors (Lipinski definition) is 0. The molecule has 2 amide bonds. The largest absolute Gasteiger partial charge is 0.366 e. The molecule has 0 spiro atoms. The van der Waals surface area contributed by atoms with Crippen molar-refractivity contribution in [3.05, 3.63) is 58.3 Å². The highest BCUT2D eigenvalue weighted by molar-refractivity contribution is 9.10. The van der Waals surface area contributed by atoms with Gasteiger partial charge in [-0.3, -0.25) is 14.4 Å². The zero-order valence-corrected chi connectivity index (χ0v) is 18.8. The summed E-state index contributed by atoms with van der Waals surface area (Å²) >= 11 is 3.39. The average Bonchev–Trinajstić information content (AvgIpc) is 3.15. The second kappa shape index (κ2) is 8.78. The van der Waals surface area contributed by atoms with Gasteiger partial charge in [-0.25, -0.2) is 4.39 Å². The Hall–Kier alpha value is -2.74. The zero-order chi connectivity index (χ0) is 22.1.